The fourth-order valence-electron chi connectivity index (χ4n) is 1.57. The summed E-state index contributed by atoms with van der Waals surface area (Å²) in [6.45, 7) is 0. The van der Waals surface area contributed by atoms with E-state index in [4.69, 9.17) is 28.5 Å². The van der Waals surface area contributed by atoms with Crippen molar-refractivity contribution >= 4 is 34.1 Å². The van der Waals surface area contributed by atoms with Crippen LogP contribution in [0.3, 0.4) is 0 Å². The van der Waals surface area contributed by atoms with Gasteiger partial charge in [-0.15, -0.1) is 0 Å². The third-order valence-electron chi connectivity index (χ3n) is 2.41. The van der Waals surface area contributed by atoms with Crippen LogP contribution in [0.5, 0.6) is 0 Å². The van der Waals surface area contributed by atoms with Gasteiger partial charge in [0.1, 0.15) is 11.6 Å². The van der Waals surface area contributed by atoms with Crippen molar-refractivity contribution in [1.29, 1.82) is 5.26 Å². The van der Waals surface area contributed by atoms with Gasteiger partial charge < -0.3 is 4.57 Å². The van der Waals surface area contributed by atoms with Gasteiger partial charge in [-0.2, -0.15) is 5.26 Å². The summed E-state index contributed by atoms with van der Waals surface area (Å²) >= 11 is 11.8. The molecule has 0 N–H and O–H groups in total. The molecule has 0 fully saturated rings. The van der Waals surface area contributed by atoms with Gasteiger partial charge in [-0.1, -0.05) is 23.2 Å². The highest BCUT2D eigenvalue weighted by Crippen LogP contribution is 2.26. The van der Waals surface area contributed by atoms with Crippen LogP contribution in [-0.2, 0) is 7.05 Å². The molecule has 2 rings (SSSR count). The summed E-state index contributed by atoms with van der Waals surface area (Å²) in [6, 6.07) is 6.82. The third-order valence-corrected chi connectivity index (χ3v) is 3.04. The van der Waals surface area contributed by atoms with E-state index in [1.807, 2.05) is 6.07 Å². The molecule has 3 nitrogen and oxygen atoms in total. The highest BCUT2D eigenvalue weighted by atomic mass is 35.5. The van der Waals surface area contributed by atoms with Gasteiger partial charge in [0.2, 0.25) is 0 Å². The summed E-state index contributed by atoms with van der Waals surface area (Å²) in [6.07, 6.45) is 0. The number of aryl methyl sites for hydroxylation is 1. The molecule has 1 aromatic carbocycles. The van der Waals surface area contributed by atoms with Crippen molar-refractivity contribution in [2.75, 3.05) is 0 Å². The van der Waals surface area contributed by atoms with Gasteiger partial charge in [0, 0.05) is 17.5 Å². The molecule has 0 spiro atoms. The van der Waals surface area contributed by atoms with E-state index >= 15 is 0 Å². The Labute approximate surface area is 101 Å². The van der Waals surface area contributed by atoms with Crippen molar-refractivity contribution in [2.24, 2.45) is 7.05 Å². The van der Waals surface area contributed by atoms with E-state index in [9.17, 15) is 4.79 Å². The van der Waals surface area contributed by atoms with Crippen LogP contribution in [0.15, 0.2) is 23.0 Å². The summed E-state index contributed by atoms with van der Waals surface area (Å²) in [5.74, 6) is 0. The fourth-order valence-corrected chi connectivity index (χ4v) is 2.02. The first-order valence-electron chi connectivity index (χ1n) is 4.44. The Morgan fingerprint density at radius 1 is 1.38 bits per heavy atom. The van der Waals surface area contributed by atoms with Gasteiger partial charge in [0.15, 0.2) is 0 Å². The van der Waals surface area contributed by atoms with Crippen molar-refractivity contribution < 1.29 is 0 Å². The molecule has 5 heteroatoms. The first kappa shape index (κ1) is 11.0. The number of hydrogen-bond acceptors (Lipinski definition) is 2. The number of aromatic nitrogens is 1. The SMILES string of the molecule is Cn1c(=O)c(C#N)c(Cl)c2ccc(Cl)cc21. The minimum Gasteiger partial charge on any atom is -0.310 e. The van der Waals surface area contributed by atoms with Crippen LogP contribution in [0.4, 0.5) is 0 Å². The summed E-state index contributed by atoms with van der Waals surface area (Å²) in [5.41, 5.74) is 0.155. The molecule has 0 aliphatic heterocycles. The standard InChI is InChI=1S/C11H6Cl2N2O/c1-15-9-4-6(12)2-3-7(9)10(13)8(5-14)11(15)16/h2-4H,1H3. The monoisotopic (exact) mass is 252 g/mol. The quantitative estimate of drug-likeness (QED) is 0.724. The number of nitriles is 1. The lowest BCUT2D eigenvalue weighted by atomic mass is 10.1. The molecule has 0 aliphatic carbocycles. The molecule has 0 atom stereocenters. The highest BCUT2D eigenvalue weighted by Gasteiger charge is 2.13. The molecule has 0 aliphatic rings. The zero-order valence-corrected chi connectivity index (χ0v) is 9.80. The minimum atomic E-state index is -0.415. The zero-order valence-electron chi connectivity index (χ0n) is 8.29. The number of halogens is 2. The van der Waals surface area contributed by atoms with Crippen molar-refractivity contribution in [2.45, 2.75) is 0 Å². The van der Waals surface area contributed by atoms with E-state index in [0.29, 0.717) is 15.9 Å². The summed E-state index contributed by atoms with van der Waals surface area (Å²) in [4.78, 5) is 11.8. The molecular weight excluding hydrogens is 247 g/mol. The van der Waals surface area contributed by atoms with Crippen LogP contribution >= 0.6 is 23.2 Å². The Morgan fingerprint density at radius 2 is 2.06 bits per heavy atom. The Kier molecular flexibility index (Phi) is 2.63. The predicted molar refractivity (Wildman–Crippen MR) is 63.9 cm³/mol. The van der Waals surface area contributed by atoms with Gasteiger partial charge in [0.25, 0.3) is 5.56 Å². The second kappa shape index (κ2) is 3.82. The number of hydrogen-bond donors (Lipinski definition) is 0. The minimum absolute atomic E-state index is 0.0426. The van der Waals surface area contributed by atoms with Gasteiger partial charge in [-0.25, -0.2) is 0 Å². The molecule has 2 aromatic rings. The van der Waals surface area contributed by atoms with Gasteiger partial charge >= 0.3 is 0 Å². The number of benzene rings is 1. The van der Waals surface area contributed by atoms with Crippen molar-refractivity contribution in [1.82, 2.24) is 4.57 Å². The van der Waals surface area contributed by atoms with Crippen LogP contribution in [0, 0.1) is 11.3 Å². The number of nitrogens with zero attached hydrogens (tertiary/aromatic N) is 2. The average Bonchev–Trinajstić information content (AvgIpc) is 2.27. The Morgan fingerprint density at radius 3 is 2.69 bits per heavy atom. The number of pyridine rings is 1. The van der Waals surface area contributed by atoms with E-state index in [0.717, 1.165) is 0 Å². The second-order valence-electron chi connectivity index (χ2n) is 3.33. The van der Waals surface area contributed by atoms with Crippen molar-refractivity contribution in [3.63, 3.8) is 0 Å². The van der Waals surface area contributed by atoms with E-state index in [1.165, 1.54) is 4.57 Å². The van der Waals surface area contributed by atoms with Crippen LogP contribution < -0.4 is 5.56 Å². The first-order chi connectivity index (χ1) is 7.56. The van der Waals surface area contributed by atoms with E-state index in [2.05, 4.69) is 0 Å². The summed E-state index contributed by atoms with van der Waals surface area (Å²) < 4.78 is 1.37. The Balaban J connectivity index is 3.09. The lowest BCUT2D eigenvalue weighted by Gasteiger charge is -2.08. The molecule has 0 amide bonds. The molecule has 16 heavy (non-hydrogen) atoms. The Hall–Kier alpha value is -1.50. The molecular formula is C11H6Cl2N2O. The first-order valence-corrected chi connectivity index (χ1v) is 5.19. The van der Waals surface area contributed by atoms with Gasteiger partial charge in [-0.05, 0) is 18.2 Å². The van der Waals surface area contributed by atoms with Crippen LogP contribution in [0.1, 0.15) is 5.56 Å². The molecule has 0 radical (unpaired) electrons. The molecule has 1 aromatic heterocycles. The molecule has 1 heterocycles. The van der Waals surface area contributed by atoms with E-state index in [-0.39, 0.29) is 10.6 Å². The number of fused-ring (bicyclic) bond motifs is 1. The van der Waals surface area contributed by atoms with Crippen LogP contribution in [0.25, 0.3) is 10.9 Å². The maximum absolute atomic E-state index is 11.8. The van der Waals surface area contributed by atoms with E-state index < -0.39 is 5.56 Å². The van der Waals surface area contributed by atoms with Crippen LogP contribution in [0.2, 0.25) is 10.0 Å². The normalized spacial score (nSPS) is 10.4. The lowest BCUT2D eigenvalue weighted by Crippen LogP contribution is -2.20. The largest absolute Gasteiger partial charge is 0.310 e. The lowest BCUT2D eigenvalue weighted by molar-refractivity contribution is 0.901. The topological polar surface area (TPSA) is 45.8 Å². The smallest absolute Gasteiger partial charge is 0.270 e. The van der Waals surface area contributed by atoms with Crippen LogP contribution in [-0.4, -0.2) is 4.57 Å². The molecule has 80 valence electrons. The fraction of sp³-hybridized carbons (Fsp3) is 0.0909. The summed E-state index contributed by atoms with van der Waals surface area (Å²) in [5, 5.41) is 10.2. The highest BCUT2D eigenvalue weighted by molar-refractivity contribution is 6.37. The maximum atomic E-state index is 11.8. The van der Waals surface area contributed by atoms with Crippen molar-refractivity contribution in [3.05, 3.63) is 44.2 Å². The molecule has 0 bridgehead atoms. The zero-order chi connectivity index (χ0) is 11.9. The van der Waals surface area contributed by atoms with Crippen molar-refractivity contribution in [3.8, 4) is 6.07 Å². The second-order valence-corrected chi connectivity index (χ2v) is 4.14. The predicted octanol–water partition coefficient (Wildman–Crippen LogP) is 2.72. The van der Waals surface area contributed by atoms with Gasteiger partial charge in [-0.3, -0.25) is 4.79 Å². The molecule has 0 saturated heterocycles. The Bertz CT molecular complexity index is 683. The molecule has 0 saturated carbocycles. The average molecular weight is 253 g/mol. The van der Waals surface area contributed by atoms with E-state index in [1.54, 1.807) is 25.2 Å². The maximum Gasteiger partial charge on any atom is 0.270 e. The summed E-state index contributed by atoms with van der Waals surface area (Å²) in [7, 11) is 1.58. The van der Waals surface area contributed by atoms with Gasteiger partial charge in [0.05, 0.1) is 10.5 Å². The molecule has 0 unspecified atom stereocenters. The third kappa shape index (κ3) is 1.47. The number of rotatable bonds is 0.